The quantitative estimate of drug-likeness (QED) is 0.897. The molecule has 1 aromatic rings. The number of carbonyl (C=O) groups is 1. The molecular formula is C16H22F2N2O. The van der Waals surface area contributed by atoms with Gasteiger partial charge < -0.3 is 11.1 Å². The van der Waals surface area contributed by atoms with E-state index < -0.39 is 17.2 Å². The molecule has 0 radical (unpaired) electrons. The summed E-state index contributed by atoms with van der Waals surface area (Å²) in [5.74, 6) is -1.13. The van der Waals surface area contributed by atoms with Crippen LogP contribution >= 0.6 is 0 Å². The normalized spacial score (nSPS) is 25.6. The van der Waals surface area contributed by atoms with Gasteiger partial charge in [0.05, 0.1) is 12.0 Å². The molecule has 0 saturated heterocycles. The Morgan fingerprint density at radius 3 is 2.43 bits per heavy atom. The van der Waals surface area contributed by atoms with Gasteiger partial charge in [0.2, 0.25) is 5.91 Å². The van der Waals surface area contributed by atoms with Crippen molar-refractivity contribution in [3.63, 3.8) is 0 Å². The first-order valence-electron chi connectivity index (χ1n) is 7.40. The zero-order valence-corrected chi connectivity index (χ0v) is 12.3. The van der Waals surface area contributed by atoms with Crippen LogP contribution in [-0.4, -0.2) is 18.0 Å². The second kappa shape index (κ2) is 6.52. The molecule has 116 valence electrons. The van der Waals surface area contributed by atoms with Gasteiger partial charge in [-0.1, -0.05) is 13.0 Å². The first-order valence-corrected chi connectivity index (χ1v) is 7.40. The van der Waals surface area contributed by atoms with Crippen LogP contribution in [0, 0.1) is 17.6 Å². The van der Waals surface area contributed by atoms with Gasteiger partial charge in [0, 0.05) is 12.1 Å². The molecule has 5 heteroatoms. The van der Waals surface area contributed by atoms with Gasteiger partial charge in [-0.3, -0.25) is 4.79 Å². The number of halogens is 2. The molecule has 0 aromatic heterocycles. The molecule has 1 fully saturated rings. The summed E-state index contributed by atoms with van der Waals surface area (Å²) in [5, 5.41) is 2.91. The first kappa shape index (κ1) is 15.9. The highest BCUT2D eigenvalue weighted by Crippen LogP contribution is 2.31. The van der Waals surface area contributed by atoms with E-state index >= 15 is 0 Å². The van der Waals surface area contributed by atoms with Gasteiger partial charge in [0.1, 0.15) is 11.6 Å². The predicted octanol–water partition coefficient (Wildman–Crippen LogP) is 2.53. The third-order valence-electron chi connectivity index (χ3n) is 4.43. The third-order valence-corrected chi connectivity index (χ3v) is 4.43. The van der Waals surface area contributed by atoms with E-state index in [1.807, 2.05) is 0 Å². The van der Waals surface area contributed by atoms with E-state index in [1.54, 1.807) is 0 Å². The van der Waals surface area contributed by atoms with E-state index in [9.17, 15) is 13.6 Å². The van der Waals surface area contributed by atoms with E-state index in [2.05, 4.69) is 12.2 Å². The molecule has 3 nitrogen and oxygen atoms in total. The monoisotopic (exact) mass is 296 g/mol. The average molecular weight is 296 g/mol. The topological polar surface area (TPSA) is 55.1 Å². The van der Waals surface area contributed by atoms with Crippen molar-refractivity contribution < 1.29 is 13.6 Å². The largest absolute Gasteiger partial charge is 0.349 e. The molecule has 0 unspecified atom stereocenters. The molecule has 1 aliphatic carbocycles. The third kappa shape index (κ3) is 3.79. The van der Waals surface area contributed by atoms with E-state index in [4.69, 9.17) is 5.73 Å². The van der Waals surface area contributed by atoms with Crippen LogP contribution in [0.3, 0.4) is 0 Å². The van der Waals surface area contributed by atoms with Crippen LogP contribution in [0.1, 0.15) is 38.2 Å². The van der Waals surface area contributed by atoms with Crippen molar-refractivity contribution in [3.05, 3.63) is 35.4 Å². The van der Waals surface area contributed by atoms with Crippen LogP contribution < -0.4 is 11.1 Å². The van der Waals surface area contributed by atoms with Crippen LogP contribution in [0.2, 0.25) is 0 Å². The van der Waals surface area contributed by atoms with Crippen molar-refractivity contribution in [2.24, 2.45) is 11.7 Å². The summed E-state index contributed by atoms with van der Waals surface area (Å²) < 4.78 is 27.1. The van der Waals surface area contributed by atoms with E-state index in [0.29, 0.717) is 12.5 Å². The highest BCUT2D eigenvalue weighted by Gasteiger charge is 2.34. The maximum Gasteiger partial charge on any atom is 0.225 e. The summed E-state index contributed by atoms with van der Waals surface area (Å²) in [6, 6.07) is 3.61. The summed E-state index contributed by atoms with van der Waals surface area (Å²) in [5.41, 5.74) is 5.21. The smallest absolute Gasteiger partial charge is 0.225 e. The highest BCUT2D eigenvalue weighted by atomic mass is 19.1. The molecule has 0 aliphatic heterocycles. The first-order chi connectivity index (χ1) is 9.96. The van der Waals surface area contributed by atoms with Crippen LogP contribution in [0.15, 0.2) is 18.2 Å². The van der Waals surface area contributed by atoms with Gasteiger partial charge in [-0.05, 0) is 43.7 Å². The fourth-order valence-electron chi connectivity index (χ4n) is 2.90. The molecular weight excluding hydrogens is 274 g/mol. The van der Waals surface area contributed by atoms with E-state index in [1.165, 1.54) is 6.07 Å². The molecule has 2 rings (SSSR count). The second-order valence-electron chi connectivity index (χ2n) is 6.09. The lowest BCUT2D eigenvalue weighted by atomic mass is 9.77. The lowest BCUT2D eigenvalue weighted by molar-refractivity contribution is -0.122. The van der Waals surface area contributed by atoms with Crippen molar-refractivity contribution in [1.29, 1.82) is 0 Å². The van der Waals surface area contributed by atoms with Gasteiger partial charge in [0.15, 0.2) is 0 Å². The Bertz CT molecular complexity index is 491. The lowest BCUT2D eigenvalue weighted by Gasteiger charge is -2.39. The summed E-state index contributed by atoms with van der Waals surface area (Å²) in [4.78, 5) is 12.1. The van der Waals surface area contributed by atoms with Crippen molar-refractivity contribution in [1.82, 2.24) is 5.32 Å². The second-order valence-corrected chi connectivity index (χ2v) is 6.09. The van der Waals surface area contributed by atoms with E-state index in [0.717, 1.165) is 37.8 Å². The number of hydrogen-bond acceptors (Lipinski definition) is 2. The SMILES string of the molecule is CC1CCC(CN)(NC(=O)Cc2c(F)cccc2F)CC1. The van der Waals surface area contributed by atoms with E-state index in [-0.39, 0.29) is 17.9 Å². The average Bonchev–Trinajstić information content (AvgIpc) is 2.46. The zero-order valence-electron chi connectivity index (χ0n) is 12.3. The Balaban J connectivity index is 2.04. The number of nitrogens with two attached hydrogens (primary N) is 1. The molecule has 1 aliphatic rings. The minimum atomic E-state index is -0.691. The maximum absolute atomic E-state index is 13.6. The van der Waals surface area contributed by atoms with Gasteiger partial charge in [-0.15, -0.1) is 0 Å². The number of benzene rings is 1. The Labute approximate surface area is 123 Å². The zero-order chi connectivity index (χ0) is 15.5. The number of amides is 1. The molecule has 0 heterocycles. The molecule has 21 heavy (non-hydrogen) atoms. The van der Waals surface area contributed by atoms with Gasteiger partial charge in [-0.2, -0.15) is 0 Å². The summed E-state index contributed by atoms with van der Waals surface area (Å²) in [7, 11) is 0. The van der Waals surface area contributed by atoms with Gasteiger partial charge in [-0.25, -0.2) is 8.78 Å². The number of hydrogen-bond donors (Lipinski definition) is 2. The molecule has 0 spiro atoms. The Kier molecular flexibility index (Phi) is 4.93. The van der Waals surface area contributed by atoms with Crippen molar-refractivity contribution in [3.8, 4) is 0 Å². The fraction of sp³-hybridized carbons (Fsp3) is 0.562. The van der Waals surface area contributed by atoms with Crippen molar-refractivity contribution >= 4 is 5.91 Å². The Morgan fingerprint density at radius 2 is 1.90 bits per heavy atom. The van der Waals surface area contributed by atoms with Gasteiger partial charge in [0.25, 0.3) is 0 Å². The van der Waals surface area contributed by atoms with Crippen molar-refractivity contribution in [2.75, 3.05) is 6.54 Å². The Hall–Kier alpha value is -1.49. The van der Waals surface area contributed by atoms with Gasteiger partial charge >= 0.3 is 0 Å². The molecule has 3 N–H and O–H groups in total. The molecule has 0 bridgehead atoms. The Morgan fingerprint density at radius 1 is 1.33 bits per heavy atom. The summed E-state index contributed by atoms with van der Waals surface area (Å²) >= 11 is 0. The number of nitrogens with one attached hydrogen (secondary N) is 1. The fourth-order valence-corrected chi connectivity index (χ4v) is 2.90. The minimum absolute atomic E-state index is 0.189. The number of rotatable bonds is 4. The van der Waals surface area contributed by atoms with Crippen LogP contribution in [-0.2, 0) is 11.2 Å². The standard InChI is InChI=1S/C16H22F2N2O/c1-11-5-7-16(10-19,8-6-11)20-15(21)9-12-13(17)3-2-4-14(12)18/h2-4,11H,5-10,19H2,1H3,(H,20,21). The van der Waals surface area contributed by atoms with Crippen LogP contribution in [0.25, 0.3) is 0 Å². The summed E-state index contributed by atoms with van der Waals surface area (Å²) in [6.07, 6.45) is 3.35. The van der Waals surface area contributed by atoms with Crippen LogP contribution in [0.4, 0.5) is 8.78 Å². The molecule has 1 saturated carbocycles. The molecule has 1 amide bonds. The van der Waals surface area contributed by atoms with Crippen LogP contribution in [0.5, 0.6) is 0 Å². The number of carbonyl (C=O) groups excluding carboxylic acids is 1. The summed E-state index contributed by atoms with van der Waals surface area (Å²) in [6.45, 7) is 2.53. The maximum atomic E-state index is 13.6. The molecule has 1 aromatic carbocycles. The van der Waals surface area contributed by atoms with Crippen molar-refractivity contribution in [2.45, 2.75) is 44.6 Å². The molecule has 0 atom stereocenters. The minimum Gasteiger partial charge on any atom is -0.349 e. The predicted molar refractivity (Wildman–Crippen MR) is 77.6 cm³/mol. The lowest BCUT2D eigenvalue weighted by Crippen LogP contribution is -2.55. The highest BCUT2D eigenvalue weighted by molar-refractivity contribution is 5.79.